The molecule has 8 N–H and O–H groups in total. The van der Waals surface area contributed by atoms with E-state index in [9.17, 15) is 52.6 Å². The molecule has 0 spiro atoms. The van der Waals surface area contributed by atoms with Gasteiger partial charge in [0.2, 0.25) is 7.57 Å². The van der Waals surface area contributed by atoms with Gasteiger partial charge in [0.15, 0.2) is 17.5 Å². The van der Waals surface area contributed by atoms with E-state index in [1.54, 1.807) is 29.7 Å². The standard InChI is InChI=1S/C25H35BN7O17P5/c1-14-23-25(29-9-28-14)33(11-30-23)22-6-18(35)20(48-22)8-46-52(38,39)13-54(42,43)50-55(26,44)49-53(40,41)12-51(36,37)45-7-19-17(34)5-21(47-19)32-10-31-24-15(27)3-2-4-16(24)32/h2-4,9-11,17-22,34-35H,5-8,12-13,27H2,1H3,(H,36,37)(H,38,39)(H,40,41)(H,42,43)/t17-,18-,19+,20+,21+,22+,55?/m0/s1. The van der Waals surface area contributed by atoms with Gasteiger partial charge in [-0.05, 0) is 19.1 Å². The number of rotatable bonds is 16. The summed E-state index contributed by atoms with van der Waals surface area (Å²) in [6, 6.07) is 5.03. The average Bonchev–Trinajstić information content (AvgIpc) is 3.82. The number of para-hydroxylation sites is 1. The molecule has 11 atom stereocenters. The molecular weight excluding hydrogens is 836 g/mol. The number of fused-ring (bicyclic) bond motifs is 2. The maximum Gasteiger partial charge on any atom is 0.346 e. The fourth-order valence-electron chi connectivity index (χ4n) is 5.90. The van der Waals surface area contributed by atoms with Gasteiger partial charge in [0.25, 0.3) is 7.47 Å². The number of ether oxygens (including phenoxy) is 2. The fourth-order valence-corrected chi connectivity index (χ4v) is 15.5. The summed E-state index contributed by atoms with van der Waals surface area (Å²) in [5, 5.41) is 21.0. The first kappa shape index (κ1) is 42.4. The summed E-state index contributed by atoms with van der Waals surface area (Å²) in [5.74, 6) is -3.52. The molecule has 300 valence electrons. The maximum atomic E-state index is 12.7. The zero-order valence-electron chi connectivity index (χ0n) is 28.4. The number of anilines is 1. The number of benzene rings is 1. The molecule has 1 aromatic carbocycles. The van der Waals surface area contributed by atoms with Crippen LogP contribution < -0.4 is 5.73 Å². The van der Waals surface area contributed by atoms with Crippen LogP contribution in [0.15, 0.2) is 37.2 Å². The van der Waals surface area contributed by atoms with Gasteiger partial charge in [-0.25, -0.2) is 28.6 Å². The maximum absolute atomic E-state index is 12.7. The van der Waals surface area contributed by atoms with E-state index in [2.05, 4.69) is 28.6 Å². The molecule has 2 aliphatic rings. The minimum atomic E-state index is -5.59. The second kappa shape index (κ2) is 15.8. The number of hydrogen-bond acceptors (Lipinski definition) is 18. The Balaban J connectivity index is 0.980. The molecule has 2 radical (unpaired) electrons. The summed E-state index contributed by atoms with van der Waals surface area (Å²) in [6.07, 6.45) is -2.37. The van der Waals surface area contributed by atoms with Crippen molar-refractivity contribution >= 4 is 73.3 Å². The van der Waals surface area contributed by atoms with Crippen molar-refractivity contribution in [1.82, 2.24) is 29.1 Å². The van der Waals surface area contributed by atoms with Gasteiger partial charge in [-0.1, -0.05) is 6.07 Å². The third-order valence-corrected chi connectivity index (χ3v) is 19.0. The quantitative estimate of drug-likeness (QED) is 0.0481. The van der Waals surface area contributed by atoms with Crippen LogP contribution in [0.4, 0.5) is 5.69 Å². The van der Waals surface area contributed by atoms with Crippen molar-refractivity contribution in [2.75, 3.05) is 30.8 Å². The van der Waals surface area contributed by atoms with Gasteiger partial charge in [-0.2, -0.15) is 0 Å². The molecule has 0 saturated carbocycles. The Labute approximate surface area is 312 Å². The number of aryl methyl sites for hydroxylation is 1. The molecule has 0 amide bonds. The lowest BCUT2D eigenvalue weighted by molar-refractivity contribution is -0.0395. The SMILES string of the molecule is [B]P(=O)(OP(=O)(O)CP(=O)(O)OC[C@H]1O[C@@H](n2cnc3c(N)cccc32)C[C@@H]1O)OP(=O)(O)CP(=O)(O)OC[C@H]1O[C@@H](n2cnc3c(C)ncnc32)C[C@@H]1O. The van der Waals surface area contributed by atoms with E-state index in [4.69, 9.17) is 31.8 Å². The van der Waals surface area contributed by atoms with Crippen LogP contribution in [-0.4, -0.2) is 116 Å². The Morgan fingerprint density at radius 1 is 0.782 bits per heavy atom. The molecule has 3 aromatic heterocycles. The van der Waals surface area contributed by atoms with E-state index in [0.717, 1.165) is 0 Å². The molecule has 6 rings (SSSR count). The summed E-state index contributed by atoms with van der Waals surface area (Å²) < 4.78 is 96.2. The molecule has 30 heteroatoms. The number of aliphatic hydroxyl groups excluding tert-OH is 2. The Kier molecular flexibility index (Phi) is 12.2. The summed E-state index contributed by atoms with van der Waals surface area (Å²) in [7, 11) is -21.7. The van der Waals surface area contributed by atoms with Gasteiger partial charge in [0, 0.05) is 12.8 Å². The number of aromatic nitrogens is 6. The molecule has 2 aliphatic heterocycles. The van der Waals surface area contributed by atoms with Crippen molar-refractivity contribution in [3.8, 4) is 0 Å². The van der Waals surface area contributed by atoms with E-state index in [0.29, 0.717) is 33.6 Å². The highest BCUT2D eigenvalue weighted by Gasteiger charge is 2.45. The molecular formula is C25H35BN7O17P5. The molecule has 4 aromatic rings. The lowest BCUT2D eigenvalue weighted by Gasteiger charge is -2.24. The smallest absolute Gasteiger partial charge is 0.346 e. The topological polar surface area (TPSA) is 350 Å². The van der Waals surface area contributed by atoms with Crippen molar-refractivity contribution in [3.63, 3.8) is 0 Å². The first-order valence-corrected chi connectivity index (χ1v) is 24.6. The van der Waals surface area contributed by atoms with Gasteiger partial charge in [0.1, 0.15) is 42.0 Å². The van der Waals surface area contributed by atoms with Crippen LogP contribution in [0.2, 0.25) is 0 Å². The van der Waals surface area contributed by atoms with Gasteiger partial charge in [-0.15, -0.1) is 0 Å². The van der Waals surface area contributed by atoms with Crippen LogP contribution in [0.25, 0.3) is 22.2 Å². The predicted octanol–water partition coefficient (Wildman–Crippen LogP) is 2.06. The zero-order chi connectivity index (χ0) is 40.1. The normalized spacial score (nSPS) is 28.7. The second-order valence-electron chi connectivity index (χ2n) is 12.6. The summed E-state index contributed by atoms with van der Waals surface area (Å²) in [6.45, 7) is 0.165. The van der Waals surface area contributed by atoms with Gasteiger partial charge in [-0.3, -0.25) is 27.4 Å². The molecule has 24 nitrogen and oxygen atoms in total. The van der Waals surface area contributed by atoms with E-state index in [1.165, 1.54) is 23.5 Å². The first-order valence-electron chi connectivity index (χ1n) is 15.9. The monoisotopic (exact) mass is 871 g/mol. The number of nitrogens with two attached hydrogens (primary N) is 1. The van der Waals surface area contributed by atoms with Crippen molar-refractivity contribution in [3.05, 3.63) is 42.9 Å². The van der Waals surface area contributed by atoms with Crippen LogP contribution in [0.1, 0.15) is 31.0 Å². The number of nitrogens with zero attached hydrogens (tertiary/aromatic N) is 6. The number of nitrogen functional groups attached to an aromatic ring is 1. The highest BCUT2D eigenvalue weighted by atomic mass is 31.3. The molecule has 5 unspecified atom stereocenters. The minimum absolute atomic E-state index is 0.00295. The summed E-state index contributed by atoms with van der Waals surface area (Å²) >= 11 is 0. The zero-order valence-corrected chi connectivity index (χ0v) is 32.9. The van der Waals surface area contributed by atoms with E-state index in [-0.39, 0.29) is 12.8 Å². The highest BCUT2D eigenvalue weighted by Crippen LogP contribution is 2.72. The van der Waals surface area contributed by atoms with Crippen LogP contribution in [0.5, 0.6) is 0 Å². The number of imidazole rings is 2. The van der Waals surface area contributed by atoms with Crippen molar-refractivity contribution in [2.24, 2.45) is 0 Å². The van der Waals surface area contributed by atoms with Crippen molar-refractivity contribution in [1.29, 1.82) is 0 Å². The Bertz CT molecular complexity index is 2160. The molecule has 2 saturated heterocycles. The molecule has 55 heavy (non-hydrogen) atoms. The van der Waals surface area contributed by atoms with Gasteiger partial charge < -0.3 is 58.6 Å². The third kappa shape index (κ3) is 10.3. The fraction of sp³-hybridized carbons (Fsp3) is 0.520. The lowest BCUT2D eigenvalue weighted by atomic mass is 10.2. The van der Waals surface area contributed by atoms with Crippen LogP contribution in [0, 0.1) is 6.92 Å². The molecule has 0 bridgehead atoms. The van der Waals surface area contributed by atoms with E-state index < -0.39 is 99.7 Å². The Hall–Kier alpha value is -2.23. The van der Waals surface area contributed by atoms with Crippen molar-refractivity contribution in [2.45, 2.75) is 56.6 Å². The first-order chi connectivity index (χ1) is 25.5. The van der Waals surface area contributed by atoms with Crippen LogP contribution in [-0.2, 0) is 50.0 Å². The second-order valence-corrected chi connectivity index (χ2v) is 22.9. The Morgan fingerprint density at radius 3 is 1.85 bits per heavy atom. The van der Waals surface area contributed by atoms with Gasteiger partial charge >= 0.3 is 30.4 Å². The average molecular weight is 871 g/mol. The molecule has 0 aliphatic carbocycles. The lowest BCUT2D eigenvalue weighted by Crippen LogP contribution is -2.26. The highest BCUT2D eigenvalue weighted by molar-refractivity contribution is 7.89. The van der Waals surface area contributed by atoms with E-state index in [1.807, 2.05) is 0 Å². The van der Waals surface area contributed by atoms with Crippen LogP contribution >= 0.6 is 37.9 Å². The third-order valence-electron chi connectivity index (χ3n) is 8.28. The van der Waals surface area contributed by atoms with Crippen LogP contribution in [0.3, 0.4) is 0 Å². The summed E-state index contributed by atoms with van der Waals surface area (Å²) in [5.41, 5.74) is 8.85. The van der Waals surface area contributed by atoms with E-state index >= 15 is 0 Å². The van der Waals surface area contributed by atoms with Crippen molar-refractivity contribution < 1.29 is 79.8 Å². The summed E-state index contributed by atoms with van der Waals surface area (Å²) in [4.78, 5) is 57.5. The molecule has 5 heterocycles. The minimum Gasteiger partial charge on any atom is -0.397 e. The predicted molar refractivity (Wildman–Crippen MR) is 190 cm³/mol. The Morgan fingerprint density at radius 2 is 1.29 bits per heavy atom. The number of aliphatic hydroxyl groups is 2. The number of hydrogen-bond donors (Lipinski definition) is 7. The largest absolute Gasteiger partial charge is 0.397 e. The van der Waals surface area contributed by atoms with Gasteiger partial charge in [0.05, 0.1) is 55.0 Å². The molecule has 2 fully saturated rings.